The van der Waals surface area contributed by atoms with Gasteiger partial charge in [0, 0.05) is 0 Å². The second-order valence-electron chi connectivity index (χ2n) is 5.40. The first-order chi connectivity index (χ1) is 8.43. The van der Waals surface area contributed by atoms with Crippen LogP contribution in [0.5, 0.6) is 0 Å². The maximum Gasteiger partial charge on any atom is 0.307 e. The van der Waals surface area contributed by atoms with Gasteiger partial charge in [-0.2, -0.15) is 0 Å². The molecule has 5 nitrogen and oxygen atoms in total. The highest BCUT2D eigenvalue weighted by molar-refractivity contribution is 5.85. The molecule has 0 bridgehead atoms. The van der Waals surface area contributed by atoms with E-state index in [0.29, 0.717) is 19.3 Å². The van der Waals surface area contributed by atoms with Crippen LogP contribution in [-0.4, -0.2) is 34.2 Å². The number of aliphatic hydroxyl groups excluding tert-OH is 1. The van der Waals surface area contributed by atoms with E-state index in [-0.39, 0.29) is 12.5 Å². The van der Waals surface area contributed by atoms with E-state index >= 15 is 0 Å². The summed E-state index contributed by atoms with van der Waals surface area (Å²) >= 11 is 0. The van der Waals surface area contributed by atoms with Crippen LogP contribution < -0.4 is 5.32 Å². The van der Waals surface area contributed by atoms with Gasteiger partial charge in [0.25, 0.3) is 0 Å². The van der Waals surface area contributed by atoms with Gasteiger partial charge in [0.2, 0.25) is 5.91 Å². The number of hydrogen-bond acceptors (Lipinski definition) is 3. The molecule has 1 saturated carbocycles. The molecular formula is C13H23NO4. The summed E-state index contributed by atoms with van der Waals surface area (Å²) in [5.74, 6) is -2.18. The minimum atomic E-state index is -0.892. The molecule has 0 heterocycles. The summed E-state index contributed by atoms with van der Waals surface area (Å²) in [7, 11) is 0. The maximum atomic E-state index is 12.2. The predicted octanol–water partition coefficient (Wildman–Crippen LogP) is 1.15. The van der Waals surface area contributed by atoms with Crippen molar-refractivity contribution in [1.29, 1.82) is 0 Å². The van der Waals surface area contributed by atoms with E-state index < -0.39 is 23.3 Å². The molecule has 0 aromatic carbocycles. The van der Waals surface area contributed by atoms with Crippen LogP contribution in [0, 0.1) is 11.8 Å². The molecule has 1 amide bonds. The number of hydrogen-bond donors (Lipinski definition) is 3. The summed E-state index contributed by atoms with van der Waals surface area (Å²) in [4.78, 5) is 23.3. The Labute approximate surface area is 108 Å². The predicted molar refractivity (Wildman–Crippen MR) is 67.0 cm³/mol. The van der Waals surface area contributed by atoms with Crippen molar-refractivity contribution in [3.8, 4) is 0 Å². The lowest BCUT2D eigenvalue weighted by Gasteiger charge is -2.33. The van der Waals surface area contributed by atoms with E-state index in [9.17, 15) is 14.7 Å². The zero-order valence-electron chi connectivity index (χ0n) is 11.1. The molecular weight excluding hydrogens is 234 g/mol. The van der Waals surface area contributed by atoms with Gasteiger partial charge in [-0.3, -0.25) is 9.59 Å². The van der Waals surface area contributed by atoms with Crippen LogP contribution in [0.4, 0.5) is 0 Å². The van der Waals surface area contributed by atoms with Gasteiger partial charge in [-0.15, -0.1) is 0 Å². The summed E-state index contributed by atoms with van der Waals surface area (Å²) in [5, 5.41) is 21.2. The van der Waals surface area contributed by atoms with Crippen LogP contribution in [0.2, 0.25) is 0 Å². The molecule has 18 heavy (non-hydrogen) atoms. The molecule has 0 radical (unpaired) electrons. The molecule has 0 spiro atoms. The van der Waals surface area contributed by atoms with E-state index in [1.165, 1.54) is 0 Å². The summed E-state index contributed by atoms with van der Waals surface area (Å²) in [6.07, 6.45) is 3.55. The Hall–Kier alpha value is -1.10. The second kappa shape index (κ2) is 6.18. The molecule has 0 aromatic heterocycles. The van der Waals surface area contributed by atoms with Gasteiger partial charge in [0.1, 0.15) is 0 Å². The van der Waals surface area contributed by atoms with Gasteiger partial charge >= 0.3 is 5.97 Å². The maximum absolute atomic E-state index is 12.2. The van der Waals surface area contributed by atoms with Crippen molar-refractivity contribution in [3.05, 3.63) is 0 Å². The van der Waals surface area contributed by atoms with E-state index in [1.54, 1.807) is 6.92 Å². The Morgan fingerprint density at radius 3 is 2.28 bits per heavy atom. The third-order valence-corrected chi connectivity index (χ3v) is 3.97. The Morgan fingerprint density at radius 1 is 1.28 bits per heavy atom. The first-order valence-corrected chi connectivity index (χ1v) is 6.59. The van der Waals surface area contributed by atoms with Crippen LogP contribution in [0.1, 0.15) is 46.0 Å². The highest BCUT2D eigenvalue weighted by Crippen LogP contribution is 2.31. The van der Waals surface area contributed by atoms with E-state index in [4.69, 9.17) is 5.11 Å². The first-order valence-electron chi connectivity index (χ1n) is 6.59. The smallest absolute Gasteiger partial charge is 0.307 e. The SMILES string of the molecule is CCC(C)(CO)NC(=O)[C@@H]1CCCC[C@@H]1C(=O)O. The molecule has 0 aliphatic heterocycles. The molecule has 1 rings (SSSR count). The average molecular weight is 257 g/mol. The number of carbonyl (C=O) groups is 2. The summed E-state index contributed by atoms with van der Waals surface area (Å²) < 4.78 is 0. The number of aliphatic carboxylic acids is 1. The largest absolute Gasteiger partial charge is 0.481 e. The third kappa shape index (κ3) is 3.45. The minimum Gasteiger partial charge on any atom is -0.481 e. The Morgan fingerprint density at radius 2 is 1.83 bits per heavy atom. The van der Waals surface area contributed by atoms with Crippen LogP contribution in [0.25, 0.3) is 0 Å². The molecule has 104 valence electrons. The number of carbonyl (C=O) groups excluding carboxylic acids is 1. The fraction of sp³-hybridized carbons (Fsp3) is 0.846. The van der Waals surface area contributed by atoms with Crippen LogP contribution in [0.3, 0.4) is 0 Å². The fourth-order valence-electron chi connectivity index (χ4n) is 2.37. The molecule has 1 unspecified atom stereocenters. The van der Waals surface area contributed by atoms with Crippen molar-refractivity contribution in [1.82, 2.24) is 5.32 Å². The lowest BCUT2D eigenvalue weighted by atomic mass is 9.78. The number of rotatable bonds is 5. The highest BCUT2D eigenvalue weighted by atomic mass is 16.4. The molecule has 5 heteroatoms. The number of nitrogens with one attached hydrogen (secondary N) is 1. The standard InChI is InChI=1S/C13H23NO4/c1-3-13(2,8-15)14-11(16)9-6-4-5-7-10(9)12(17)18/h9-10,15H,3-8H2,1-2H3,(H,14,16)(H,17,18)/t9-,10+,13?/m1/s1. The van der Waals surface area contributed by atoms with Crippen molar-refractivity contribution in [2.24, 2.45) is 11.8 Å². The molecule has 1 aliphatic rings. The Balaban J connectivity index is 2.72. The Bertz CT molecular complexity index is 312. The van der Waals surface area contributed by atoms with Gasteiger partial charge in [-0.25, -0.2) is 0 Å². The van der Waals surface area contributed by atoms with E-state index in [0.717, 1.165) is 12.8 Å². The molecule has 0 aromatic rings. The third-order valence-electron chi connectivity index (χ3n) is 3.97. The number of amides is 1. The van der Waals surface area contributed by atoms with Crippen LogP contribution >= 0.6 is 0 Å². The number of aliphatic hydroxyl groups is 1. The van der Waals surface area contributed by atoms with E-state index in [1.807, 2.05) is 6.92 Å². The number of carboxylic acid groups (broad SMARTS) is 1. The first kappa shape index (κ1) is 15.0. The van der Waals surface area contributed by atoms with Gasteiger partial charge in [-0.05, 0) is 26.2 Å². The lowest BCUT2D eigenvalue weighted by Crippen LogP contribution is -2.52. The molecule has 0 saturated heterocycles. The molecule has 1 aliphatic carbocycles. The normalized spacial score (nSPS) is 27.3. The van der Waals surface area contributed by atoms with Crippen molar-refractivity contribution in [3.63, 3.8) is 0 Å². The van der Waals surface area contributed by atoms with Crippen LogP contribution in [-0.2, 0) is 9.59 Å². The number of carboxylic acids is 1. The monoisotopic (exact) mass is 257 g/mol. The van der Waals surface area contributed by atoms with Crippen molar-refractivity contribution < 1.29 is 19.8 Å². The topological polar surface area (TPSA) is 86.6 Å². The van der Waals surface area contributed by atoms with Gasteiger partial charge < -0.3 is 15.5 Å². The fourth-order valence-corrected chi connectivity index (χ4v) is 2.37. The molecule has 3 atom stereocenters. The van der Waals surface area contributed by atoms with E-state index in [2.05, 4.69) is 5.32 Å². The Kier molecular flexibility index (Phi) is 5.14. The van der Waals surface area contributed by atoms with Gasteiger partial charge in [-0.1, -0.05) is 19.8 Å². The summed E-state index contributed by atoms with van der Waals surface area (Å²) in [6, 6.07) is 0. The lowest BCUT2D eigenvalue weighted by molar-refractivity contribution is -0.149. The average Bonchev–Trinajstić information content (AvgIpc) is 2.38. The van der Waals surface area contributed by atoms with Crippen molar-refractivity contribution in [2.75, 3.05) is 6.61 Å². The molecule has 3 N–H and O–H groups in total. The summed E-state index contributed by atoms with van der Waals surface area (Å²) in [5.41, 5.74) is -0.655. The van der Waals surface area contributed by atoms with Crippen molar-refractivity contribution in [2.45, 2.75) is 51.5 Å². The highest BCUT2D eigenvalue weighted by Gasteiger charge is 2.37. The van der Waals surface area contributed by atoms with Gasteiger partial charge in [0.05, 0.1) is 24.0 Å². The minimum absolute atomic E-state index is 0.139. The summed E-state index contributed by atoms with van der Waals surface area (Å²) in [6.45, 7) is 3.51. The second-order valence-corrected chi connectivity index (χ2v) is 5.40. The van der Waals surface area contributed by atoms with Gasteiger partial charge in [0.15, 0.2) is 0 Å². The molecule has 1 fully saturated rings. The quantitative estimate of drug-likeness (QED) is 0.689. The van der Waals surface area contributed by atoms with Crippen molar-refractivity contribution >= 4 is 11.9 Å². The zero-order chi connectivity index (χ0) is 13.8. The zero-order valence-corrected chi connectivity index (χ0v) is 11.1. The van der Waals surface area contributed by atoms with Crippen LogP contribution in [0.15, 0.2) is 0 Å².